The molecule has 1 aromatic heterocycles. The number of aromatic nitrogens is 2. The smallest absolute Gasteiger partial charge is 0.414 e. The number of hydrogen-bond donors (Lipinski definition) is 0. The number of anilines is 1. The van der Waals surface area contributed by atoms with Crippen LogP contribution in [0.15, 0.2) is 58.0 Å². The van der Waals surface area contributed by atoms with Crippen LogP contribution in [0.3, 0.4) is 0 Å². The zero-order chi connectivity index (χ0) is 23.0. The van der Waals surface area contributed by atoms with E-state index < -0.39 is 10.0 Å². The first-order valence-corrected chi connectivity index (χ1v) is 13.5. The highest BCUT2D eigenvalue weighted by molar-refractivity contribution is 9.10. The molecule has 0 bridgehead atoms. The maximum Gasteiger partial charge on any atom is 0.414 e. The lowest BCUT2D eigenvalue weighted by atomic mass is 10.0. The van der Waals surface area contributed by atoms with Gasteiger partial charge in [-0.1, -0.05) is 46.3 Å². The minimum absolute atomic E-state index is 0.0300. The van der Waals surface area contributed by atoms with Crippen molar-refractivity contribution in [2.24, 2.45) is 0 Å². The van der Waals surface area contributed by atoms with Crippen LogP contribution < -0.4 is 4.90 Å². The average molecular weight is 549 g/mol. The van der Waals surface area contributed by atoms with Crippen molar-refractivity contribution in [3.8, 4) is 0 Å². The van der Waals surface area contributed by atoms with Crippen molar-refractivity contribution >= 4 is 49.5 Å². The molecule has 33 heavy (non-hydrogen) atoms. The SMILES string of the molecule is O=C1OCc2cc(Br)ccc2N1C1CCN(S(=O)(=O)c2nsnc2Cc2ccccc2)CC1. The first kappa shape index (κ1) is 22.5. The Morgan fingerprint density at radius 1 is 1.09 bits per heavy atom. The predicted octanol–water partition coefficient (Wildman–Crippen LogP) is 4.20. The minimum Gasteiger partial charge on any atom is -0.444 e. The van der Waals surface area contributed by atoms with Crippen LogP contribution in [0, 0.1) is 0 Å². The molecule has 1 saturated heterocycles. The summed E-state index contributed by atoms with van der Waals surface area (Å²) in [6.45, 7) is 0.828. The van der Waals surface area contributed by atoms with E-state index in [4.69, 9.17) is 4.74 Å². The molecule has 3 aromatic rings. The fourth-order valence-corrected chi connectivity index (χ4v) is 7.08. The Morgan fingerprint density at radius 2 is 1.85 bits per heavy atom. The van der Waals surface area contributed by atoms with Crippen LogP contribution in [-0.2, 0) is 27.8 Å². The summed E-state index contributed by atoms with van der Waals surface area (Å²) in [4.78, 5) is 14.2. The van der Waals surface area contributed by atoms with Crippen molar-refractivity contribution in [1.29, 1.82) is 0 Å². The van der Waals surface area contributed by atoms with E-state index in [2.05, 4.69) is 24.7 Å². The molecule has 0 unspecified atom stereocenters. The Balaban J connectivity index is 1.32. The minimum atomic E-state index is -3.77. The van der Waals surface area contributed by atoms with Gasteiger partial charge in [0.25, 0.3) is 10.0 Å². The summed E-state index contributed by atoms with van der Waals surface area (Å²) in [6.07, 6.45) is 1.04. The molecule has 0 N–H and O–H groups in total. The van der Waals surface area contributed by atoms with Crippen LogP contribution in [0.5, 0.6) is 0 Å². The van der Waals surface area contributed by atoms with Crippen LogP contribution in [0.25, 0.3) is 0 Å². The Hall–Kier alpha value is -2.34. The number of sulfonamides is 1. The summed E-state index contributed by atoms with van der Waals surface area (Å²) in [5.41, 5.74) is 3.20. The van der Waals surface area contributed by atoms with Crippen molar-refractivity contribution < 1.29 is 17.9 Å². The standard InChI is InChI=1S/C22H21BrN4O4S2/c23-17-6-7-20-16(13-17)14-31-22(28)27(20)18-8-10-26(11-9-18)33(29,30)21-19(24-32-25-21)12-15-4-2-1-3-5-15/h1-7,13,18H,8-12,14H2. The van der Waals surface area contributed by atoms with Gasteiger partial charge in [0, 0.05) is 35.6 Å². The Kier molecular flexibility index (Phi) is 6.21. The number of piperidine rings is 1. The molecule has 11 heteroatoms. The van der Waals surface area contributed by atoms with Gasteiger partial charge in [-0.3, -0.25) is 4.90 Å². The molecule has 2 aliphatic rings. The van der Waals surface area contributed by atoms with Gasteiger partial charge in [0.15, 0.2) is 0 Å². The number of fused-ring (bicyclic) bond motifs is 1. The highest BCUT2D eigenvalue weighted by Crippen LogP contribution is 2.34. The van der Waals surface area contributed by atoms with Crippen LogP contribution in [0.1, 0.15) is 29.7 Å². The molecule has 0 aliphatic carbocycles. The maximum absolute atomic E-state index is 13.4. The summed E-state index contributed by atoms with van der Waals surface area (Å²) in [5.74, 6) is 0. The molecule has 3 heterocycles. The Morgan fingerprint density at radius 3 is 2.61 bits per heavy atom. The fourth-order valence-electron chi connectivity index (χ4n) is 4.31. The van der Waals surface area contributed by atoms with Crippen molar-refractivity contribution in [2.75, 3.05) is 18.0 Å². The van der Waals surface area contributed by atoms with Crippen molar-refractivity contribution in [3.05, 3.63) is 69.8 Å². The second-order valence-electron chi connectivity index (χ2n) is 8.01. The van der Waals surface area contributed by atoms with Gasteiger partial charge in [0.2, 0.25) is 5.03 Å². The number of rotatable bonds is 5. The van der Waals surface area contributed by atoms with Crippen molar-refractivity contribution in [3.63, 3.8) is 0 Å². The number of amides is 1. The summed E-state index contributed by atoms with van der Waals surface area (Å²) < 4.78 is 42.8. The third-order valence-corrected chi connectivity index (χ3v) is 8.99. The zero-order valence-corrected chi connectivity index (χ0v) is 20.8. The van der Waals surface area contributed by atoms with E-state index in [1.807, 2.05) is 48.5 Å². The highest BCUT2D eigenvalue weighted by Gasteiger charge is 2.38. The molecule has 1 fully saturated rings. The van der Waals surface area contributed by atoms with E-state index >= 15 is 0 Å². The molecular formula is C22H21BrN4O4S2. The molecule has 0 atom stereocenters. The molecule has 8 nitrogen and oxygen atoms in total. The van der Waals surface area contributed by atoms with Crippen LogP contribution >= 0.6 is 27.7 Å². The van der Waals surface area contributed by atoms with Gasteiger partial charge < -0.3 is 4.74 Å². The molecule has 172 valence electrons. The van der Waals surface area contributed by atoms with Crippen molar-refractivity contribution in [2.45, 2.75) is 36.9 Å². The van der Waals surface area contributed by atoms with E-state index in [0.717, 1.165) is 33.0 Å². The van der Waals surface area contributed by atoms with Gasteiger partial charge in [-0.15, -0.1) is 0 Å². The molecule has 1 amide bonds. The quantitative estimate of drug-likeness (QED) is 0.474. The van der Waals surface area contributed by atoms with Gasteiger partial charge in [-0.25, -0.2) is 13.2 Å². The number of carbonyl (C=O) groups is 1. The second kappa shape index (κ2) is 9.13. The number of halogens is 1. The molecule has 0 spiro atoms. The first-order chi connectivity index (χ1) is 15.9. The third kappa shape index (κ3) is 4.42. The van der Waals surface area contributed by atoms with E-state index in [1.54, 1.807) is 4.90 Å². The van der Waals surface area contributed by atoms with E-state index in [0.29, 0.717) is 38.0 Å². The van der Waals surface area contributed by atoms with Crippen LogP contribution in [-0.4, -0.2) is 46.7 Å². The molecular weight excluding hydrogens is 528 g/mol. The highest BCUT2D eigenvalue weighted by atomic mass is 79.9. The van der Waals surface area contributed by atoms with Gasteiger partial charge >= 0.3 is 6.09 Å². The molecule has 0 radical (unpaired) electrons. The van der Waals surface area contributed by atoms with E-state index in [9.17, 15) is 13.2 Å². The lowest BCUT2D eigenvalue weighted by Gasteiger charge is -2.39. The average Bonchev–Trinajstić information content (AvgIpc) is 3.29. The fraction of sp³-hybridized carbons (Fsp3) is 0.318. The van der Waals surface area contributed by atoms with E-state index in [-0.39, 0.29) is 23.8 Å². The molecule has 0 saturated carbocycles. The summed E-state index contributed by atoms with van der Waals surface area (Å²) in [5, 5.41) is 0.0300. The molecule has 2 aromatic carbocycles. The lowest BCUT2D eigenvalue weighted by molar-refractivity contribution is 0.135. The van der Waals surface area contributed by atoms with Crippen LogP contribution in [0.2, 0.25) is 0 Å². The number of ether oxygens (including phenoxy) is 1. The van der Waals surface area contributed by atoms with Crippen LogP contribution in [0.4, 0.5) is 10.5 Å². The Bertz CT molecular complexity index is 1270. The summed E-state index contributed by atoms with van der Waals surface area (Å²) >= 11 is 4.37. The number of hydrogen-bond acceptors (Lipinski definition) is 7. The van der Waals surface area contributed by atoms with Crippen molar-refractivity contribution in [1.82, 2.24) is 13.1 Å². The maximum atomic E-state index is 13.4. The zero-order valence-electron chi connectivity index (χ0n) is 17.6. The second-order valence-corrected chi connectivity index (χ2v) is 11.3. The van der Waals surface area contributed by atoms with Gasteiger partial charge in [-0.2, -0.15) is 13.1 Å². The number of benzene rings is 2. The largest absolute Gasteiger partial charge is 0.444 e. The summed E-state index contributed by atoms with van der Waals surface area (Å²) in [6, 6.07) is 15.2. The normalized spacial score (nSPS) is 17.6. The number of carbonyl (C=O) groups excluding carboxylic acids is 1. The monoisotopic (exact) mass is 548 g/mol. The summed E-state index contributed by atoms with van der Waals surface area (Å²) in [7, 11) is -3.77. The predicted molar refractivity (Wildman–Crippen MR) is 128 cm³/mol. The van der Waals surface area contributed by atoms with E-state index in [1.165, 1.54) is 4.31 Å². The Labute approximate surface area is 204 Å². The first-order valence-electron chi connectivity index (χ1n) is 10.5. The molecule has 5 rings (SSSR count). The lowest BCUT2D eigenvalue weighted by Crippen LogP contribution is -2.50. The topological polar surface area (TPSA) is 92.7 Å². The molecule has 2 aliphatic heterocycles. The number of cyclic esters (lactones) is 1. The van der Waals surface area contributed by atoms with Gasteiger partial charge in [0.1, 0.15) is 6.61 Å². The number of nitrogens with zero attached hydrogens (tertiary/aromatic N) is 4. The van der Waals surface area contributed by atoms with Gasteiger partial charge in [-0.05, 0) is 36.6 Å². The van der Waals surface area contributed by atoms with Gasteiger partial charge in [0.05, 0.1) is 23.1 Å². The third-order valence-electron chi connectivity index (χ3n) is 5.96.